The summed E-state index contributed by atoms with van der Waals surface area (Å²) < 4.78 is 31.0. The second-order valence-corrected chi connectivity index (χ2v) is 12.0. The molecule has 37 heavy (non-hydrogen) atoms. The number of hydrogen-bond donors (Lipinski definition) is 3. The minimum atomic E-state index is -3.70. The second-order valence-electron chi connectivity index (χ2n) is 10.0. The zero-order valence-corrected chi connectivity index (χ0v) is 23.0. The smallest absolute Gasteiger partial charge is 0.254 e. The Morgan fingerprint density at radius 2 is 1.86 bits per heavy atom. The molecule has 1 heterocycles. The summed E-state index contributed by atoms with van der Waals surface area (Å²) in [5, 5.41) is 22.1. The van der Waals surface area contributed by atoms with E-state index in [0.717, 1.165) is 16.1 Å². The van der Waals surface area contributed by atoms with Crippen LogP contribution >= 0.6 is 0 Å². The van der Waals surface area contributed by atoms with Gasteiger partial charge in [-0.15, -0.1) is 0 Å². The summed E-state index contributed by atoms with van der Waals surface area (Å²) in [5.74, 6) is -0.385. The monoisotopic (exact) mass is 530 g/mol. The van der Waals surface area contributed by atoms with Gasteiger partial charge in [0.1, 0.15) is 17.3 Å². The summed E-state index contributed by atoms with van der Waals surface area (Å²) in [4.78, 5) is 27.4. The standard InChI is InChI=1S/C26H34N4O6S/c1-8-36-22-11-16-13-30(24(27)17(16)12-18(22)25(33)28-5)14-21(31)15-9-19(26(2,3)4)23(32)20(10-15)29(6)37(7,34)35/h9-12,27,32H,8,13-14H2,1-7H3,(H,28,33). The molecule has 10 nitrogen and oxygen atoms in total. The number of ketones is 1. The number of hydrogen-bond acceptors (Lipinski definition) is 7. The van der Waals surface area contributed by atoms with Crippen LogP contribution in [0.25, 0.3) is 0 Å². The van der Waals surface area contributed by atoms with Crippen LogP contribution in [0.1, 0.15) is 65.1 Å². The molecule has 0 saturated carbocycles. The van der Waals surface area contributed by atoms with Crippen molar-refractivity contribution in [3.63, 3.8) is 0 Å². The zero-order chi connectivity index (χ0) is 27.9. The Balaban J connectivity index is 1.98. The fourth-order valence-corrected chi connectivity index (χ4v) is 4.68. The first-order chi connectivity index (χ1) is 17.1. The molecule has 0 atom stereocenters. The third kappa shape index (κ3) is 5.56. The van der Waals surface area contributed by atoms with Gasteiger partial charge in [-0.05, 0) is 42.2 Å². The van der Waals surface area contributed by atoms with E-state index >= 15 is 0 Å². The Hall–Kier alpha value is -3.60. The molecule has 3 N–H and O–H groups in total. The molecule has 0 aromatic heterocycles. The normalized spacial score (nSPS) is 13.4. The topological polar surface area (TPSA) is 140 Å². The highest BCUT2D eigenvalue weighted by molar-refractivity contribution is 7.92. The van der Waals surface area contributed by atoms with Crippen LogP contribution in [0.4, 0.5) is 5.69 Å². The minimum absolute atomic E-state index is 0.00892. The molecule has 0 aliphatic carbocycles. The fourth-order valence-electron chi connectivity index (χ4n) is 4.19. The molecule has 1 aliphatic heterocycles. The number of amidine groups is 1. The quantitative estimate of drug-likeness (QED) is 0.446. The maximum atomic E-state index is 13.4. The number of benzene rings is 2. The number of sulfonamides is 1. The number of carbonyl (C=O) groups is 2. The maximum absolute atomic E-state index is 13.4. The number of rotatable bonds is 8. The predicted octanol–water partition coefficient (Wildman–Crippen LogP) is 2.87. The number of nitrogens with zero attached hydrogens (tertiary/aromatic N) is 2. The van der Waals surface area contributed by atoms with E-state index in [1.807, 2.05) is 27.7 Å². The maximum Gasteiger partial charge on any atom is 0.254 e. The van der Waals surface area contributed by atoms with Crippen LogP contribution in [0.2, 0.25) is 0 Å². The number of phenols is 1. The van der Waals surface area contributed by atoms with Gasteiger partial charge in [0.2, 0.25) is 10.0 Å². The molecule has 0 unspecified atom stereocenters. The van der Waals surface area contributed by atoms with Gasteiger partial charge in [-0.2, -0.15) is 0 Å². The molecule has 1 aliphatic rings. The lowest BCUT2D eigenvalue weighted by Gasteiger charge is -2.26. The Morgan fingerprint density at radius 1 is 1.22 bits per heavy atom. The SMILES string of the molecule is CCOc1cc2c(cc1C(=O)NC)C(=N)N(CC(=O)c1cc(N(C)S(C)(=O)=O)c(O)c(C(C)(C)C)c1)C2. The summed E-state index contributed by atoms with van der Waals surface area (Å²) in [6.45, 7) is 7.86. The summed E-state index contributed by atoms with van der Waals surface area (Å²) in [5.41, 5.74) is 1.69. The summed E-state index contributed by atoms with van der Waals surface area (Å²) in [6, 6.07) is 6.25. The lowest BCUT2D eigenvalue weighted by atomic mass is 9.84. The number of nitrogens with one attached hydrogen (secondary N) is 2. The van der Waals surface area contributed by atoms with Crippen molar-refractivity contribution in [3.05, 3.63) is 52.1 Å². The van der Waals surface area contributed by atoms with Crippen LogP contribution in [-0.4, -0.2) is 69.5 Å². The van der Waals surface area contributed by atoms with Gasteiger partial charge in [-0.3, -0.25) is 19.3 Å². The van der Waals surface area contributed by atoms with Gasteiger partial charge in [0.05, 0.1) is 30.7 Å². The van der Waals surface area contributed by atoms with Crippen LogP contribution < -0.4 is 14.4 Å². The highest BCUT2D eigenvalue weighted by Crippen LogP contribution is 2.40. The number of aromatic hydroxyl groups is 1. The molecule has 200 valence electrons. The van der Waals surface area contributed by atoms with Gasteiger partial charge in [0, 0.05) is 37.3 Å². The van der Waals surface area contributed by atoms with Crippen LogP contribution in [-0.2, 0) is 22.0 Å². The van der Waals surface area contributed by atoms with Crippen molar-refractivity contribution in [1.29, 1.82) is 5.41 Å². The van der Waals surface area contributed by atoms with Crippen molar-refractivity contribution in [1.82, 2.24) is 10.2 Å². The Morgan fingerprint density at radius 3 is 2.41 bits per heavy atom. The summed E-state index contributed by atoms with van der Waals surface area (Å²) >= 11 is 0. The Labute approximate surface area is 217 Å². The molecule has 2 aromatic carbocycles. The largest absolute Gasteiger partial charge is 0.505 e. The summed E-state index contributed by atoms with van der Waals surface area (Å²) in [6.07, 6.45) is 1.02. The zero-order valence-electron chi connectivity index (χ0n) is 22.2. The number of amides is 1. The lowest BCUT2D eigenvalue weighted by molar-refractivity contribution is 0.0953. The third-order valence-corrected chi connectivity index (χ3v) is 7.49. The highest BCUT2D eigenvalue weighted by atomic mass is 32.2. The second kappa shape index (κ2) is 10.0. The molecule has 1 amide bonds. The number of fused-ring (bicyclic) bond motifs is 1. The minimum Gasteiger partial charge on any atom is -0.505 e. The number of phenolic OH excluding ortho intramolecular Hbond substituents is 1. The van der Waals surface area contributed by atoms with Crippen LogP contribution in [0.3, 0.4) is 0 Å². The van der Waals surface area contributed by atoms with Crippen molar-refractivity contribution < 1.29 is 27.9 Å². The molecular weight excluding hydrogens is 496 g/mol. The number of Topliss-reactive ketones (excluding diaryl/α,β-unsaturated/α-hetero) is 1. The van der Waals surface area contributed by atoms with E-state index < -0.39 is 15.4 Å². The van der Waals surface area contributed by atoms with Crippen molar-refractivity contribution >= 4 is 33.2 Å². The number of ether oxygens (including phenoxy) is 1. The third-order valence-electron chi connectivity index (χ3n) is 6.30. The fraction of sp³-hybridized carbons (Fsp3) is 0.423. The van der Waals surface area contributed by atoms with E-state index in [0.29, 0.717) is 29.0 Å². The predicted molar refractivity (Wildman–Crippen MR) is 143 cm³/mol. The van der Waals surface area contributed by atoms with Gasteiger partial charge in [0.15, 0.2) is 5.78 Å². The van der Waals surface area contributed by atoms with E-state index in [2.05, 4.69) is 5.32 Å². The van der Waals surface area contributed by atoms with E-state index in [1.165, 1.54) is 20.2 Å². The Kier molecular flexibility index (Phi) is 7.59. The molecule has 0 saturated heterocycles. The molecule has 0 radical (unpaired) electrons. The van der Waals surface area contributed by atoms with Crippen molar-refractivity contribution in [2.45, 2.75) is 39.7 Å². The first-order valence-corrected chi connectivity index (χ1v) is 13.6. The molecular formula is C26H34N4O6S. The van der Waals surface area contributed by atoms with Crippen molar-refractivity contribution in [2.24, 2.45) is 0 Å². The molecule has 0 spiro atoms. The Bertz CT molecular complexity index is 1380. The lowest BCUT2D eigenvalue weighted by Crippen LogP contribution is -2.31. The van der Waals surface area contributed by atoms with Crippen molar-refractivity contribution in [3.8, 4) is 11.5 Å². The number of carbonyl (C=O) groups excluding carboxylic acids is 2. The molecule has 0 fully saturated rings. The van der Waals surface area contributed by atoms with E-state index in [-0.39, 0.29) is 47.6 Å². The molecule has 0 bridgehead atoms. The van der Waals surface area contributed by atoms with Gasteiger partial charge >= 0.3 is 0 Å². The number of anilines is 1. The van der Waals surface area contributed by atoms with Crippen LogP contribution in [0.5, 0.6) is 11.5 Å². The highest BCUT2D eigenvalue weighted by Gasteiger charge is 2.31. The molecule has 11 heteroatoms. The first kappa shape index (κ1) is 28.0. The molecule has 2 aromatic rings. The van der Waals surface area contributed by atoms with Gasteiger partial charge in [-0.1, -0.05) is 20.8 Å². The first-order valence-electron chi connectivity index (χ1n) is 11.8. The average Bonchev–Trinajstić information content (AvgIpc) is 3.10. The average molecular weight is 531 g/mol. The molecule has 3 rings (SSSR count). The van der Waals surface area contributed by atoms with Crippen molar-refractivity contribution in [2.75, 3.05) is 37.8 Å². The van der Waals surface area contributed by atoms with Gasteiger partial charge in [-0.25, -0.2) is 8.42 Å². The summed E-state index contributed by atoms with van der Waals surface area (Å²) in [7, 11) is -0.868. The van der Waals surface area contributed by atoms with Gasteiger partial charge < -0.3 is 20.1 Å². The van der Waals surface area contributed by atoms with E-state index in [9.17, 15) is 23.1 Å². The van der Waals surface area contributed by atoms with Crippen LogP contribution in [0, 0.1) is 5.41 Å². The van der Waals surface area contributed by atoms with E-state index in [1.54, 1.807) is 23.1 Å². The van der Waals surface area contributed by atoms with E-state index in [4.69, 9.17) is 10.1 Å². The van der Waals surface area contributed by atoms with Gasteiger partial charge in [0.25, 0.3) is 5.91 Å². The van der Waals surface area contributed by atoms with Crippen LogP contribution in [0.15, 0.2) is 24.3 Å².